The Morgan fingerprint density at radius 2 is 1.88 bits per heavy atom. The Morgan fingerprint density at radius 3 is 2.68 bits per heavy atom. The minimum Gasteiger partial charge on any atom is -0.453 e. The first-order valence-corrected chi connectivity index (χ1v) is 10.4. The molecule has 2 N–H and O–H groups in total. The number of carbonyl (C=O) groups excluding carboxylic acids is 1. The van der Waals surface area contributed by atoms with Crippen molar-refractivity contribution in [2.45, 2.75) is 12.8 Å². The molecule has 0 atom stereocenters. The van der Waals surface area contributed by atoms with Crippen LogP contribution in [0.5, 0.6) is 0 Å². The molecule has 3 aromatic carbocycles. The predicted octanol–water partition coefficient (Wildman–Crippen LogP) is 4.40. The first kappa shape index (κ1) is 21.4. The number of hydrogen-bond donors (Lipinski definition) is 2. The third kappa shape index (κ3) is 3.92. The number of aromatic amines is 1. The number of hydrogen-bond acceptors (Lipinski definition) is 5. The van der Waals surface area contributed by atoms with E-state index >= 15 is 0 Å². The fourth-order valence-electron chi connectivity index (χ4n) is 4.03. The molecule has 0 spiro atoms. The highest BCUT2D eigenvalue weighted by Gasteiger charge is 2.19. The van der Waals surface area contributed by atoms with Crippen molar-refractivity contribution in [2.75, 3.05) is 7.11 Å². The van der Waals surface area contributed by atoms with Crippen LogP contribution in [0.2, 0.25) is 0 Å². The summed E-state index contributed by atoms with van der Waals surface area (Å²) in [5, 5.41) is 10.1. The lowest BCUT2D eigenvalue weighted by atomic mass is 9.97. The number of rotatable bonds is 3. The summed E-state index contributed by atoms with van der Waals surface area (Å²) in [6.45, 7) is 0. The first-order chi connectivity index (χ1) is 16.4. The molecule has 4 aromatic rings. The summed E-state index contributed by atoms with van der Waals surface area (Å²) in [6.07, 6.45) is -0.149. The molecule has 2 heterocycles. The molecule has 0 aliphatic carbocycles. The van der Waals surface area contributed by atoms with Crippen molar-refractivity contribution in [3.63, 3.8) is 0 Å². The number of ether oxygens (including phenoxy) is 1. The summed E-state index contributed by atoms with van der Waals surface area (Å²) in [5.41, 5.74) is 2.54. The van der Waals surface area contributed by atoms with E-state index in [9.17, 15) is 18.4 Å². The molecule has 0 unspecified atom stereocenters. The van der Waals surface area contributed by atoms with Crippen molar-refractivity contribution < 1.29 is 18.3 Å². The van der Waals surface area contributed by atoms with E-state index < -0.39 is 17.7 Å². The lowest BCUT2D eigenvalue weighted by Gasteiger charge is -2.11. The molecule has 0 saturated heterocycles. The van der Waals surface area contributed by atoms with Crippen molar-refractivity contribution in [2.24, 2.45) is 4.99 Å². The SMILES string of the molecule is COC(=O)NC1=Nc2cc(-c3cc(Cc4n[nH]c(=O)c5ccccc45)c(F)cc3F)ccc2C1. The number of alkyl carbamates (subject to hydrolysis) is 1. The fraction of sp³-hybridized carbons (Fsp3) is 0.120. The highest BCUT2D eigenvalue weighted by Crippen LogP contribution is 2.34. The maximum Gasteiger partial charge on any atom is 0.412 e. The Hall–Kier alpha value is -4.40. The number of methoxy groups -OCH3 is 1. The normalized spacial score (nSPS) is 12.4. The number of H-pyrrole nitrogens is 1. The standard InChI is InChI=1S/C25H18F2N4O3/c1-34-25(33)29-23-11-14-7-6-13(9-21(14)28-23)18-8-15(19(26)12-20(18)27)10-22-16-4-2-3-5-17(16)24(32)31-30-22/h2-9,12H,10-11H2,1H3,(H,31,32)(H,28,29,33). The van der Waals surface area contributed by atoms with Crippen LogP contribution >= 0.6 is 0 Å². The van der Waals surface area contributed by atoms with E-state index in [2.05, 4.69) is 25.2 Å². The van der Waals surface area contributed by atoms with E-state index in [1.165, 1.54) is 13.2 Å². The van der Waals surface area contributed by atoms with Gasteiger partial charge in [-0.2, -0.15) is 5.10 Å². The van der Waals surface area contributed by atoms with Crippen LogP contribution in [0.25, 0.3) is 21.9 Å². The lowest BCUT2D eigenvalue weighted by Crippen LogP contribution is -2.30. The van der Waals surface area contributed by atoms with E-state index in [1.807, 2.05) is 0 Å². The summed E-state index contributed by atoms with van der Waals surface area (Å²) >= 11 is 0. The molecule has 0 radical (unpaired) electrons. The van der Waals surface area contributed by atoms with Gasteiger partial charge in [-0.15, -0.1) is 0 Å². The van der Waals surface area contributed by atoms with E-state index in [4.69, 9.17) is 0 Å². The van der Waals surface area contributed by atoms with Gasteiger partial charge in [-0.25, -0.2) is 23.7 Å². The second-order valence-corrected chi connectivity index (χ2v) is 7.84. The van der Waals surface area contributed by atoms with Crippen LogP contribution in [-0.2, 0) is 17.6 Å². The summed E-state index contributed by atoms with van der Waals surface area (Å²) in [6, 6.07) is 14.4. The molecule has 1 amide bonds. The van der Waals surface area contributed by atoms with Crippen molar-refractivity contribution in [3.05, 3.63) is 93.4 Å². The van der Waals surface area contributed by atoms with Gasteiger partial charge in [-0.1, -0.05) is 30.3 Å². The Bertz CT molecular complexity index is 1550. The Morgan fingerprint density at radius 1 is 1.09 bits per heavy atom. The lowest BCUT2D eigenvalue weighted by molar-refractivity contribution is 0.176. The van der Waals surface area contributed by atoms with Gasteiger partial charge in [-0.05, 0) is 34.9 Å². The molecular formula is C25H18F2N4O3. The number of benzene rings is 3. The van der Waals surface area contributed by atoms with Crippen LogP contribution in [0.3, 0.4) is 0 Å². The molecule has 1 aliphatic rings. The molecule has 170 valence electrons. The molecule has 7 nitrogen and oxygen atoms in total. The van der Waals surface area contributed by atoms with Crippen LogP contribution in [0.1, 0.15) is 16.8 Å². The van der Waals surface area contributed by atoms with Crippen LogP contribution in [0, 0.1) is 11.6 Å². The Labute approximate surface area is 192 Å². The quantitative estimate of drug-likeness (QED) is 0.474. The summed E-state index contributed by atoms with van der Waals surface area (Å²) in [5.74, 6) is -0.993. The van der Waals surface area contributed by atoms with Crippen LogP contribution in [0.15, 0.2) is 64.4 Å². The smallest absolute Gasteiger partial charge is 0.412 e. The van der Waals surface area contributed by atoms with Crippen molar-refractivity contribution in [1.82, 2.24) is 15.5 Å². The van der Waals surface area contributed by atoms with Gasteiger partial charge in [-0.3, -0.25) is 10.1 Å². The summed E-state index contributed by atoms with van der Waals surface area (Å²) in [4.78, 5) is 27.9. The first-order valence-electron chi connectivity index (χ1n) is 10.4. The largest absolute Gasteiger partial charge is 0.453 e. The Kier molecular flexibility index (Phi) is 5.37. The second kappa shape index (κ2) is 8.51. The van der Waals surface area contributed by atoms with Gasteiger partial charge < -0.3 is 4.74 Å². The number of aliphatic imine (C=N–C) groups is 1. The average Bonchev–Trinajstić information content (AvgIpc) is 3.23. The second-order valence-electron chi connectivity index (χ2n) is 7.84. The maximum atomic E-state index is 14.8. The molecule has 0 saturated carbocycles. The van der Waals surface area contributed by atoms with Gasteiger partial charge >= 0.3 is 6.09 Å². The molecule has 34 heavy (non-hydrogen) atoms. The van der Waals surface area contributed by atoms with Gasteiger partial charge in [0.2, 0.25) is 0 Å². The van der Waals surface area contributed by atoms with Gasteiger partial charge in [0.15, 0.2) is 0 Å². The number of amidine groups is 1. The zero-order valence-corrected chi connectivity index (χ0v) is 18.0. The number of nitrogens with zero attached hydrogens (tertiary/aromatic N) is 2. The highest BCUT2D eigenvalue weighted by molar-refractivity contribution is 6.01. The van der Waals surface area contributed by atoms with Gasteiger partial charge in [0.1, 0.15) is 17.5 Å². The van der Waals surface area contributed by atoms with Crippen LogP contribution in [-0.4, -0.2) is 29.2 Å². The number of fused-ring (bicyclic) bond motifs is 2. The minimum absolute atomic E-state index is 0.0622. The monoisotopic (exact) mass is 460 g/mol. The van der Waals surface area contributed by atoms with Crippen LogP contribution < -0.4 is 10.9 Å². The van der Waals surface area contributed by atoms with E-state index in [1.54, 1.807) is 42.5 Å². The number of aromatic nitrogens is 2. The van der Waals surface area contributed by atoms with Crippen LogP contribution in [0.4, 0.5) is 19.3 Å². The van der Waals surface area contributed by atoms with Crippen molar-refractivity contribution >= 4 is 28.4 Å². The van der Waals surface area contributed by atoms with E-state index in [0.717, 1.165) is 11.6 Å². The third-order valence-electron chi connectivity index (χ3n) is 5.71. The Balaban J connectivity index is 1.51. The van der Waals surface area contributed by atoms with Gasteiger partial charge in [0, 0.05) is 29.9 Å². The number of halogens is 2. The zero-order valence-electron chi connectivity index (χ0n) is 18.0. The van der Waals surface area contributed by atoms with E-state index in [0.29, 0.717) is 40.0 Å². The molecule has 9 heteroatoms. The topological polar surface area (TPSA) is 96.4 Å². The van der Waals surface area contributed by atoms with Crippen molar-refractivity contribution in [3.8, 4) is 11.1 Å². The summed E-state index contributed by atoms with van der Waals surface area (Å²) < 4.78 is 34.1. The molecule has 0 fully saturated rings. The third-order valence-corrected chi connectivity index (χ3v) is 5.71. The maximum absolute atomic E-state index is 14.8. The fourth-order valence-corrected chi connectivity index (χ4v) is 4.03. The molecular weight excluding hydrogens is 442 g/mol. The van der Waals surface area contributed by atoms with Crippen molar-refractivity contribution in [1.29, 1.82) is 0 Å². The van der Waals surface area contributed by atoms with Gasteiger partial charge in [0.25, 0.3) is 5.56 Å². The highest BCUT2D eigenvalue weighted by atomic mass is 19.1. The average molecular weight is 460 g/mol. The zero-order chi connectivity index (χ0) is 23.8. The molecule has 1 aliphatic heterocycles. The number of amides is 1. The van der Waals surface area contributed by atoms with Gasteiger partial charge in [0.05, 0.1) is 23.9 Å². The minimum atomic E-state index is -0.713. The number of carbonyl (C=O) groups is 1. The molecule has 5 rings (SSSR count). The number of nitrogens with one attached hydrogen (secondary N) is 2. The molecule has 1 aromatic heterocycles. The predicted molar refractivity (Wildman–Crippen MR) is 123 cm³/mol. The molecule has 0 bridgehead atoms. The summed E-state index contributed by atoms with van der Waals surface area (Å²) in [7, 11) is 1.26. The van der Waals surface area contributed by atoms with E-state index in [-0.39, 0.29) is 23.1 Å².